The Kier molecular flexibility index (Phi) is 3.62. The minimum Gasteiger partial charge on any atom is -0.495 e. The van der Waals surface area contributed by atoms with E-state index in [1.165, 1.54) is 5.56 Å². The Hall–Kier alpha value is -1.18. The van der Waals surface area contributed by atoms with Gasteiger partial charge in [0.1, 0.15) is 5.75 Å². The Morgan fingerprint density at radius 2 is 2.15 bits per heavy atom. The zero-order chi connectivity index (χ0) is 9.68. The van der Waals surface area contributed by atoms with Gasteiger partial charge in [-0.2, -0.15) is 0 Å². The maximum Gasteiger partial charge on any atom is 0.141 e. The van der Waals surface area contributed by atoms with Crippen LogP contribution in [0.2, 0.25) is 0 Å². The lowest BCUT2D eigenvalue weighted by atomic mass is 10.2. The van der Waals surface area contributed by atoms with Crippen LogP contribution in [0.15, 0.2) is 18.2 Å². The Morgan fingerprint density at radius 1 is 1.38 bits per heavy atom. The van der Waals surface area contributed by atoms with E-state index in [0.717, 1.165) is 24.4 Å². The molecule has 1 rings (SSSR count). The smallest absolute Gasteiger partial charge is 0.141 e. The van der Waals surface area contributed by atoms with Gasteiger partial charge >= 0.3 is 0 Å². The summed E-state index contributed by atoms with van der Waals surface area (Å²) < 4.78 is 5.23. The van der Waals surface area contributed by atoms with Gasteiger partial charge in [-0.15, -0.1) is 0 Å². The molecule has 1 N–H and O–H groups in total. The molecule has 0 fully saturated rings. The molecular formula is C11H17NO. The Labute approximate surface area is 79.9 Å². The van der Waals surface area contributed by atoms with E-state index in [-0.39, 0.29) is 0 Å². The average molecular weight is 179 g/mol. The van der Waals surface area contributed by atoms with Crippen LogP contribution in [0.5, 0.6) is 5.75 Å². The summed E-state index contributed by atoms with van der Waals surface area (Å²) in [4.78, 5) is 0. The SMILES string of the molecule is CCCNc1cc(C)ccc1OC. The largest absolute Gasteiger partial charge is 0.495 e. The van der Waals surface area contributed by atoms with Gasteiger partial charge in [0, 0.05) is 6.54 Å². The molecule has 0 aliphatic rings. The summed E-state index contributed by atoms with van der Waals surface area (Å²) in [5.41, 5.74) is 2.34. The van der Waals surface area contributed by atoms with Gasteiger partial charge < -0.3 is 10.1 Å². The Morgan fingerprint density at radius 3 is 2.77 bits per heavy atom. The van der Waals surface area contributed by atoms with Gasteiger partial charge in [-0.1, -0.05) is 13.0 Å². The van der Waals surface area contributed by atoms with Crippen LogP contribution in [0.1, 0.15) is 18.9 Å². The second-order valence-corrected chi connectivity index (χ2v) is 3.13. The number of ether oxygens (including phenoxy) is 1. The highest BCUT2D eigenvalue weighted by Gasteiger charge is 2.00. The molecule has 72 valence electrons. The molecule has 1 aromatic rings. The van der Waals surface area contributed by atoms with Crippen molar-refractivity contribution in [3.8, 4) is 5.75 Å². The highest BCUT2D eigenvalue weighted by atomic mass is 16.5. The minimum atomic E-state index is 0.916. The second-order valence-electron chi connectivity index (χ2n) is 3.13. The van der Waals surface area contributed by atoms with Gasteiger partial charge in [0.2, 0.25) is 0 Å². The molecule has 0 atom stereocenters. The minimum absolute atomic E-state index is 0.916. The van der Waals surface area contributed by atoms with Crippen LogP contribution in [0.3, 0.4) is 0 Å². The summed E-state index contributed by atoms with van der Waals surface area (Å²) in [6.45, 7) is 5.21. The monoisotopic (exact) mass is 179 g/mol. The van der Waals surface area contributed by atoms with E-state index in [1.54, 1.807) is 7.11 Å². The third-order valence-corrected chi connectivity index (χ3v) is 1.92. The molecule has 0 aliphatic heterocycles. The molecule has 1 aromatic carbocycles. The van der Waals surface area contributed by atoms with Gasteiger partial charge in [-0.3, -0.25) is 0 Å². The summed E-state index contributed by atoms with van der Waals surface area (Å²) in [7, 11) is 1.70. The van der Waals surface area contributed by atoms with Gasteiger partial charge in [-0.05, 0) is 31.0 Å². The zero-order valence-electron chi connectivity index (χ0n) is 8.55. The Bertz CT molecular complexity index is 271. The Balaban J connectivity index is 2.81. The highest BCUT2D eigenvalue weighted by molar-refractivity contribution is 5.57. The number of nitrogens with one attached hydrogen (secondary N) is 1. The lowest BCUT2D eigenvalue weighted by molar-refractivity contribution is 0.416. The fourth-order valence-electron chi connectivity index (χ4n) is 1.22. The molecule has 2 heteroatoms. The number of rotatable bonds is 4. The van der Waals surface area contributed by atoms with E-state index in [9.17, 15) is 0 Å². The van der Waals surface area contributed by atoms with E-state index in [4.69, 9.17) is 4.74 Å². The van der Waals surface area contributed by atoms with Crippen molar-refractivity contribution in [1.29, 1.82) is 0 Å². The molecule has 2 nitrogen and oxygen atoms in total. The molecule has 0 amide bonds. The van der Waals surface area contributed by atoms with E-state index >= 15 is 0 Å². The van der Waals surface area contributed by atoms with Gasteiger partial charge in [-0.25, -0.2) is 0 Å². The van der Waals surface area contributed by atoms with Crippen molar-refractivity contribution >= 4 is 5.69 Å². The van der Waals surface area contributed by atoms with Crippen LogP contribution in [0.25, 0.3) is 0 Å². The third kappa shape index (κ3) is 2.65. The lowest BCUT2D eigenvalue weighted by Crippen LogP contribution is -2.01. The second kappa shape index (κ2) is 4.75. The van der Waals surface area contributed by atoms with Crippen LogP contribution in [-0.2, 0) is 0 Å². The first-order chi connectivity index (χ1) is 6.27. The number of hydrogen-bond donors (Lipinski definition) is 1. The topological polar surface area (TPSA) is 21.3 Å². The van der Waals surface area contributed by atoms with Crippen LogP contribution in [0, 0.1) is 6.92 Å². The van der Waals surface area contributed by atoms with E-state index in [0.29, 0.717) is 0 Å². The summed E-state index contributed by atoms with van der Waals surface area (Å²) in [5, 5.41) is 3.33. The van der Waals surface area contributed by atoms with Crippen LogP contribution in [0.4, 0.5) is 5.69 Å². The molecule has 0 unspecified atom stereocenters. The zero-order valence-corrected chi connectivity index (χ0v) is 8.55. The van der Waals surface area contributed by atoms with Crippen LogP contribution >= 0.6 is 0 Å². The average Bonchev–Trinajstić information content (AvgIpc) is 2.15. The van der Waals surface area contributed by atoms with Gasteiger partial charge in [0.25, 0.3) is 0 Å². The van der Waals surface area contributed by atoms with Gasteiger partial charge in [0.05, 0.1) is 12.8 Å². The molecule has 0 aliphatic carbocycles. The van der Waals surface area contributed by atoms with Crippen molar-refractivity contribution in [3.05, 3.63) is 23.8 Å². The molecule has 0 bridgehead atoms. The summed E-state index contributed by atoms with van der Waals surface area (Å²) >= 11 is 0. The number of aryl methyl sites for hydroxylation is 1. The van der Waals surface area contributed by atoms with Crippen molar-refractivity contribution in [2.45, 2.75) is 20.3 Å². The molecular weight excluding hydrogens is 162 g/mol. The number of anilines is 1. The first-order valence-corrected chi connectivity index (χ1v) is 4.66. The first-order valence-electron chi connectivity index (χ1n) is 4.66. The summed E-state index contributed by atoms with van der Waals surface area (Å²) in [6, 6.07) is 6.15. The molecule has 0 radical (unpaired) electrons. The highest BCUT2D eigenvalue weighted by Crippen LogP contribution is 2.24. The maximum atomic E-state index is 5.23. The third-order valence-electron chi connectivity index (χ3n) is 1.92. The molecule has 0 heterocycles. The number of methoxy groups -OCH3 is 1. The molecule has 0 saturated carbocycles. The van der Waals surface area contributed by atoms with Crippen molar-refractivity contribution in [1.82, 2.24) is 0 Å². The quantitative estimate of drug-likeness (QED) is 0.767. The van der Waals surface area contributed by atoms with E-state index in [2.05, 4.69) is 31.3 Å². The molecule has 0 aromatic heterocycles. The summed E-state index contributed by atoms with van der Waals surface area (Å²) in [5.74, 6) is 0.916. The number of benzene rings is 1. The van der Waals surface area contributed by atoms with Crippen molar-refractivity contribution in [2.75, 3.05) is 19.0 Å². The van der Waals surface area contributed by atoms with Gasteiger partial charge in [0.15, 0.2) is 0 Å². The van der Waals surface area contributed by atoms with Crippen molar-refractivity contribution in [2.24, 2.45) is 0 Å². The predicted molar refractivity (Wildman–Crippen MR) is 56.5 cm³/mol. The lowest BCUT2D eigenvalue weighted by Gasteiger charge is -2.10. The number of hydrogen-bond acceptors (Lipinski definition) is 2. The molecule has 13 heavy (non-hydrogen) atoms. The van der Waals surface area contributed by atoms with Crippen molar-refractivity contribution in [3.63, 3.8) is 0 Å². The van der Waals surface area contributed by atoms with Crippen LogP contribution < -0.4 is 10.1 Å². The fraction of sp³-hybridized carbons (Fsp3) is 0.455. The molecule has 0 saturated heterocycles. The summed E-state index contributed by atoms with van der Waals surface area (Å²) in [6.07, 6.45) is 1.12. The normalized spacial score (nSPS) is 9.77. The first kappa shape index (κ1) is 9.90. The predicted octanol–water partition coefficient (Wildman–Crippen LogP) is 2.83. The van der Waals surface area contributed by atoms with Crippen molar-refractivity contribution < 1.29 is 4.74 Å². The molecule has 0 spiro atoms. The standard InChI is InChI=1S/C11H17NO/c1-4-7-12-10-8-9(2)5-6-11(10)13-3/h5-6,8,12H,4,7H2,1-3H3. The van der Waals surface area contributed by atoms with Crippen LogP contribution in [-0.4, -0.2) is 13.7 Å². The van der Waals surface area contributed by atoms with E-state index < -0.39 is 0 Å². The van der Waals surface area contributed by atoms with E-state index in [1.807, 2.05) is 6.07 Å². The fourth-order valence-corrected chi connectivity index (χ4v) is 1.22. The maximum absolute atomic E-state index is 5.23.